The Bertz CT molecular complexity index is 1310. The van der Waals surface area contributed by atoms with Gasteiger partial charge in [-0.2, -0.15) is 4.98 Å². The lowest BCUT2D eigenvalue weighted by Crippen LogP contribution is -2.27. The molecular formula is C25H23ClFN3O3. The molecule has 5 rings (SSSR count). The summed E-state index contributed by atoms with van der Waals surface area (Å²) in [6.45, 7) is 2.80. The number of fused-ring (bicyclic) bond motifs is 2. The third kappa shape index (κ3) is 4.31. The van der Waals surface area contributed by atoms with Gasteiger partial charge in [0.2, 0.25) is 5.28 Å². The van der Waals surface area contributed by atoms with Crippen LogP contribution in [0.2, 0.25) is 5.28 Å². The first-order valence-electron chi connectivity index (χ1n) is 10.8. The molecule has 6 nitrogen and oxygen atoms in total. The average Bonchev–Trinajstić information content (AvgIpc) is 3.12. The molecule has 33 heavy (non-hydrogen) atoms. The highest BCUT2D eigenvalue weighted by Gasteiger charge is 2.21. The van der Waals surface area contributed by atoms with Crippen molar-refractivity contribution in [1.82, 2.24) is 9.97 Å². The lowest BCUT2D eigenvalue weighted by atomic mass is 9.96. The quantitative estimate of drug-likeness (QED) is 0.287. The van der Waals surface area contributed by atoms with Crippen LogP contribution in [0.15, 0.2) is 48.5 Å². The predicted molar refractivity (Wildman–Crippen MR) is 128 cm³/mol. The monoisotopic (exact) mass is 467 g/mol. The van der Waals surface area contributed by atoms with Crippen molar-refractivity contribution in [2.45, 2.75) is 6.42 Å². The van der Waals surface area contributed by atoms with Gasteiger partial charge in [0.1, 0.15) is 17.1 Å². The third-order valence-electron chi connectivity index (χ3n) is 5.75. The number of halogens is 2. The van der Waals surface area contributed by atoms with Gasteiger partial charge in [-0.1, -0.05) is 30.3 Å². The van der Waals surface area contributed by atoms with Gasteiger partial charge in [0.15, 0.2) is 12.6 Å². The molecule has 0 unspecified atom stereocenters. The highest BCUT2D eigenvalue weighted by Crippen LogP contribution is 2.38. The van der Waals surface area contributed by atoms with Gasteiger partial charge in [0, 0.05) is 37.8 Å². The Hall–Kier alpha value is -3.00. The van der Waals surface area contributed by atoms with Crippen LogP contribution in [0.1, 0.15) is 6.42 Å². The van der Waals surface area contributed by atoms with Crippen LogP contribution in [0.5, 0.6) is 5.75 Å². The molecule has 2 heterocycles. The molecule has 170 valence electrons. The first-order valence-corrected chi connectivity index (χ1v) is 11.2. The van der Waals surface area contributed by atoms with Gasteiger partial charge in [0.25, 0.3) is 0 Å². The van der Waals surface area contributed by atoms with Gasteiger partial charge < -0.3 is 19.1 Å². The zero-order valence-electron chi connectivity index (χ0n) is 18.2. The summed E-state index contributed by atoms with van der Waals surface area (Å²) >= 11 is 6.25. The van der Waals surface area contributed by atoms with Crippen molar-refractivity contribution in [2.75, 3.05) is 45.1 Å². The molecule has 1 aliphatic heterocycles. The minimum atomic E-state index is -0.446. The smallest absolute Gasteiger partial charge is 0.225 e. The number of rotatable bonds is 5. The number of hydrogen-bond acceptors (Lipinski definition) is 6. The maximum absolute atomic E-state index is 16.0. The number of hydrogen-bond donors (Lipinski definition) is 0. The van der Waals surface area contributed by atoms with Gasteiger partial charge in [-0.15, -0.1) is 0 Å². The predicted octanol–water partition coefficient (Wildman–Crippen LogP) is 5.45. The van der Waals surface area contributed by atoms with E-state index in [-0.39, 0.29) is 17.6 Å². The Labute approximate surface area is 195 Å². The maximum Gasteiger partial charge on any atom is 0.225 e. The minimum Gasteiger partial charge on any atom is -0.468 e. The molecule has 4 aromatic rings. The van der Waals surface area contributed by atoms with E-state index in [1.165, 1.54) is 0 Å². The van der Waals surface area contributed by atoms with Crippen molar-refractivity contribution < 1.29 is 18.6 Å². The molecule has 3 aromatic carbocycles. The van der Waals surface area contributed by atoms with Crippen molar-refractivity contribution in [3.8, 4) is 16.9 Å². The van der Waals surface area contributed by atoms with Crippen molar-refractivity contribution >= 4 is 39.1 Å². The highest BCUT2D eigenvalue weighted by molar-refractivity contribution is 6.29. The molecule has 0 radical (unpaired) electrons. The molecule has 1 saturated heterocycles. The van der Waals surface area contributed by atoms with Crippen LogP contribution in [0.4, 0.5) is 10.2 Å². The van der Waals surface area contributed by atoms with Crippen LogP contribution in [-0.2, 0) is 9.47 Å². The fourth-order valence-corrected chi connectivity index (χ4v) is 4.41. The van der Waals surface area contributed by atoms with Gasteiger partial charge in [-0.05, 0) is 52.6 Å². The molecule has 0 bridgehead atoms. The third-order valence-corrected chi connectivity index (χ3v) is 5.92. The van der Waals surface area contributed by atoms with Gasteiger partial charge >= 0.3 is 0 Å². The van der Waals surface area contributed by atoms with Crippen LogP contribution >= 0.6 is 11.6 Å². The fraction of sp³-hybridized carbons (Fsp3) is 0.280. The van der Waals surface area contributed by atoms with E-state index in [1.54, 1.807) is 13.2 Å². The van der Waals surface area contributed by atoms with Crippen LogP contribution in [0.25, 0.3) is 32.8 Å². The zero-order valence-corrected chi connectivity index (χ0v) is 18.9. The summed E-state index contributed by atoms with van der Waals surface area (Å²) in [5, 5.41) is 2.48. The molecule has 1 aromatic heterocycles. The van der Waals surface area contributed by atoms with Crippen molar-refractivity contribution in [2.24, 2.45) is 0 Å². The normalized spacial score (nSPS) is 14.6. The molecule has 0 spiro atoms. The number of benzene rings is 3. The molecule has 0 N–H and O–H groups in total. The summed E-state index contributed by atoms with van der Waals surface area (Å²) in [5.74, 6) is 0.775. The van der Waals surface area contributed by atoms with Gasteiger partial charge in [-0.3, -0.25) is 0 Å². The Morgan fingerprint density at radius 3 is 2.79 bits per heavy atom. The number of aromatic nitrogens is 2. The van der Waals surface area contributed by atoms with Crippen LogP contribution in [-0.4, -0.2) is 50.2 Å². The second-order valence-electron chi connectivity index (χ2n) is 7.84. The number of anilines is 1. The van der Waals surface area contributed by atoms with Crippen LogP contribution in [0.3, 0.4) is 0 Å². The zero-order chi connectivity index (χ0) is 22.8. The SMILES string of the molecule is COCOc1cc(-c2ccc3c(N4CCCOCC4)nc(Cl)nc3c2F)c2ccccc2c1. The van der Waals surface area contributed by atoms with Gasteiger partial charge in [-0.25, -0.2) is 9.37 Å². The van der Waals surface area contributed by atoms with E-state index < -0.39 is 5.82 Å². The second-order valence-corrected chi connectivity index (χ2v) is 8.17. The van der Waals surface area contributed by atoms with Gasteiger partial charge in [0.05, 0.1) is 6.61 Å². The van der Waals surface area contributed by atoms with Crippen LogP contribution in [0, 0.1) is 5.82 Å². The van der Waals surface area contributed by atoms with Crippen molar-refractivity contribution in [3.05, 3.63) is 59.6 Å². The molecule has 8 heteroatoms. The molecule has 1 fully saturated rings. The van der Waals surface area contributed by atoms with E-state index in [1.807, 2.05) is 42.5 Å². The topological polar surface area (TPSA) is 56.7 Å². The van der Waals surface area contributed by atoms with Crippen LogP contribution < -0.4 is 9.64 Å². The molecular weight excluding hydrogens is 445 g/mol. The van der Waals surface area contributed by atoms with Crippen molar-refractivity contribution in [3.63, 3.8) is 0 Å². The summed E-state index contributed by atoms with van der Waals surface area (Å²) in [6, 6.07) is 15.2. The van der Waals surface area contributed by atoms with E-state index in [9.17, 15) is 0 Å². The van der Waals surface area contributed by atoms with E-state index in [2.05, 4.69) is 14.9 Å². The first-order chi connectivity index (χ1) is 16.2. The minimum absolute atomic E-state index is 0.0146. The van der Waals surface area contributed by atoms with E-state index >= 15 is 4.39 Å². The summed E-state index contributed by atoms with van der Waals surface area (Å²) in [7, 11) is 1.56. The fourth-order valence-electron chi connectivity index (χ4n) is 4.24. The highest BCUT2D eigenvalue weighted by atomic mass is 35.5. The Morgan fingerprint density at radius 2 is 1.91 bits per heavy atom. The molecule has 0 amide bonds. The molecule has 0 atom stereocenters. The first kappa shape index (κ1) is 21.8. The molecule has 1 aliphatic rings. The largest absolute Gasteiger partial charge is 0.468 e. The number of ether oxygens (including phenoxy) is 3. The summed E-state index contributed by atoms with van der Waals surface area (Å²) in [6.07, 6.45) is 0.865. The summed E-state index contributed by atoms with van der Waals surface area (Å²) < 4.78 is 32.3. The molecule has 0 aliphatic carbocycles. The lowest BCUT2D eigenvalue weighted by Gasteiger charge is -2.22. The lowest BCUT2D eigenvalue weighted by molar-refractivity contribution is 0.0512. The summed E-state index contributed by atoms with van der Waals surface area (Å²) in [5.41, 5.74) is 1.32. The Kier molecular flexibility index (Phi) is 6.26. The number of nitrogens with zero attached hydrogens (tertiary/aromatic N) is 3. The standard InChI is InChI=1S/C25H23ClFN3O3/c1-31-15-33-17-13-16-5-2-3-6-18(16)21(14-17)19-7-8-20-23(22(19)27)28-25(26)29-24(20)30-9-4-11-32-12-10-30/h2-3,5-8,13-14H,4,9-12,15H2,1H3. The Balaban J connectivity index is 1.69. The number of methoxy groups -OCH3 is 1. The van der Waals surface area contributed by atoms with Crippen molar-refractivity contribution in [1.29, 1.82) is 0 Å². The van der Waals surface area contributed by atoms with E-state index in [0.717, 1.165) is 23.7 Å². The van der Waals surface area contributed by atoms with E-state index in [0.29, 0.717) is 47.8 Å². The average molecular weight is 468 g/mol. The second kappa shape index (κ2) is 9.47. The maximum atomic E-state index is 16.0. The molecule has 0 saturated carbocycles. The Morgan fingerprint density at radius 1 is 1.03 bits per heavy atom. The summed E-state index contributed by atoms with van der Waals surface area (Å²) in [4.78, 5) is 10.8. The van der Waals surface area contributed by atoms with E-state index in [4.69, 9.17) is 25.8 Å².